The van der Waals surface area contributed by atoms with Crippen molar-refractivity contribution >= 4 is 11.6 Å². The van der Waals surface area contributed by atoms with Gasteiger partial charge < -0.3 is 5.11 Å². The lowest BCUT2D eigenvalue weighted by atomic mass is 10.3. The molecule has 0 unspecified atom stereocenters. The molecule has 0 saturated carbocycles. The van der Waals surface area contributed by atoms with Crippen LogP contribution in [-0.4, -0.2) is 43.7 Å². The van der Waals surface area contributed by atoms with Crippen molar-refractivity contribution in [2.24, 2.45) is 0 Å². The van der Waals surface area contributed by atoms with Gasteiger partial charge in [0.1, 0.15) is 5.56 Å². The molecule has 3 heterocycles. The highest BCUT2D eigenvalue weighted by atomic mass is 16.4. The molecule has 0 bridgehead atoms. The van der Waals surface area contributed by atoms with Crippen LogP contribution in [0.2, 0.25) is 0 Å². The number of aromatic nitrogens is 3. The van der Waals surface area contributed by atoms with Gasteiger partial charge in [0.15, 0.2) is 11.5 Å². The molecule has 1 aliphatic rings. The SMILES string of the molecule is O=C(O)c1cccn2nc(CN3CCCC3)nc12. The molecule has 0 aliphatic carbocycles. The molecule has 18 heavy (non-hydrogen) atoms. The standard InChI is InChI=1S/C12H14N4O2/c17-12(18)9-4-3-7-16-11(9)13-10(14-16)8-15-5-1-2-6-15/h3-4,7H,1-2,5-6,8H2,(H,17,18). The molecule has 1 saturated heterocycles. The summed E-state index contributed by atoms with van der Waals surface area (Å²) in [6.07, 6.45) is 4.16. The lowest BCUT2D eigenvalue weighted by molar-refractivity contribution is 0.0698. The number of aromatic carboxylic acids is 1. The zero-order valence-corrected chi connectivity index (χ0v) is 9.91. The van der Waals surface area contributed by atoms with Crippen LogP contribution >= 0.6 is 0 Å². The third-order valence-electron chi connectivity index (χ3n) is 3.20. The highest BCUT2D eigenvalue weighted by Crippen LogP contribution is 2.13. The van der Waals surface area contributed by atoms with Crippen molar-refractivity contribution in [3.05, 3.63) is 29.7 Å². The summed E-state index contributed by atoms with van der Waals surface area (Å²) in [5.41, 5.74) is 0.608. The van der Waals surface area contributed by atoms with E-state index in [1.807, 2.05) is 0 Å². The molecular formula is C12H14N4O2. The highest BCUT2D eigenvalue weighted by Gasteiger charge is 2.17. The second-order valence-electron chi connectivity index (χ2n) is 4.51. The number of carbonyl (C=O) groups is 1. The first-order valence-electron chi connectivity index (χ1n) is 6.04. The predicted octanol–water partition coefficient (Wildman–Crippen LogP) is 1.02. The van der Waals surface area contributed by atoms with Gasteiger partial charge in [-0.25, -0.2) is 14.3 Å². The van der Waals surface area contributed by atoms with Crippen LogP contribution in [0.1, 0.15) is 29.0 Å². The number of fused-ring (bicyclic) bond motifs is 1. The summed E-state index contributed by atoms with van der Waals surface area (Å²) in [5, 5.41) is 13.4. The van der Waals surface area contributed by atoms with E-state index in [1.165, 1.54) is 17.4 Å². The minimum atomic E-state index is -0.972. The van der Waals surface area contributed by atoms with E-state index in [0.29, 0.717) is 18.0 Å². The van der Waals surface area contributed by atoms with Crippen molar-refractivity contribution in [1.82, 2.24) is 19.5 Å². The monoisotopic (exact) mass is 246 g/mol. The minimum absolute atomic E-state index is 0.192. The van der Waals surface area contributed by atoms with Crippen molar-refractivity contribution in [3.63, 3.8) is 0 Å². The molecule has 1 aliphatic heterocycles. The van der Waals surface area contributed by atoms with Crippen molar-refractivity contribution in [3.8, 4) is 0 Å². The normalized spacial score (nSPS) is 16.4. The number of carboxylic acid groups (broad SMARTS) is 1. The first-order valence-corrected chi connectivity index (χ1v) is 6.04. The Bertz CT molecular complexity index is 587. The minimum Gasteiger partial charge on any atom is -0.478 e. The Morgan fingerprint density at radius 3 is 2.89 bits per heavy atom. The van der Waals surface area contributed by atoms with E-state index in [1.54, 1.807) is 18.3 Å². The van der Waals surface area contributed by atoms with Crippen molar-refractivity contribution < 1.29 is 9.90 Å². The third-order valence-corrected chi connectivity index (χ3v) is 3.20. The second-order valence-corrected chi connectivity index (χ2v) is 4.51. The number of carboxylic acids is 1. The van der Waals surface area contributed by atoms with Crippen LogP contribution in [0.25, 0.3) is 5.65 Å². The van der Waals surface area contributed by atoms with E-state index in [4.69, 9.17) is 5.11 Å². The summed E-state index contributed by atoms with van der Waals surface area (Å²) in [6.45, 7) is 2.84. The molecule has 0 atom stereocenters. The zero-order chi connectivity index (χ0) is 12.5. The van der Waals surface area contributed by atoms with E-state index < -0.39 is 5.97 Å². The van der Waals surface area contributed by atoms with Crippen molar-refractivity contribution in [2.75, 3.05) is 13.1 Å². The number of nitrogens with zero attached hydrogens (tertiary/aromatic N) is 4. The molecule has 0 radical (unpaired) electrons. The molecule has 94 valence electrons. The average molecular weight is 246 g/mol. The second kappa shape index (κ2) is 4.38. The maximum absolute atomic E-state index is 11.1. The van der Waals surface area contributed by atoms with Gasteiger partial charge in [0, 0.05) is 6.20 Å². The lowest BCUT2D eigenvalue weighted by Crippen LogP contribution is -2.19. The quantitative estimate of drug-likeness (QED) is 0.875. The van der Waals surface area contributed by atoms with Crippen LogP contribution in [0.5, 0.6) is 0 Å². The Morgan fingerprint density at radius 2 is 2.17 bits per heavy atom. The summed E-state index contributed by atoms with van der Waals surface area (Å²) in [4.78, 5) is 17.7. The average Bonchev–Trinajstić information content (AvgIpc) is 2.96. The van der Waals surface area contributed by atoms with Gasteiger partial charge in [-0.05, 0) is 38.1 Å². The highest BCUT2D eigenvalue weighted by molar-refractivity contribution is 5.94. The summed E-state index contributed by atoms with van der Waals surface area (Å²) < 4.78 is 1.54. The molecule has 1 N–H and O–H groups in total. The van der Waals surface area contributed by atoms with Gasteiger partial charge in [0.2, 0.25) is 0 Å². The van der Waals surface area contributed by atoms with Crippen LogP contribution in [0.4, 0.5) is 0 Å². The zero-order valence-electron chi connectivity index (χ0n) is 9.91. The molecule has 6 heteroatoms. The first kappa shape index (κ1) is 11.2. The van der Waals surface area contributed by atoms with E-state index in [2.05, 4.69) is 15.0 Å². The van der Waals surface area contributed by atoms with Gasteiger partial charge in [0.05, 0.1) is 6.54 Å². The Hall–Kier alpha value is -1.95. The number of pyridine rings is 1. The molecule has 3 rings (SSSR count). The smallest absolute Gasteiger partial charge is 0.339 e. The lowest BCUT2D eigenvalue weighted by Gasteiger charge is -2.10. The summed E-state index contributed by atoms with van der Waals surface area (Å²) >= 11 is 0. The number of hydrogen-bond acceptors (Lipinski definition) is 4. The van der Waals surface area contributed by atoms with Crippen LogP contribution in [0.3, 0.4) is 0 Å². The maximum atomic E-state index is 11.1. The van der Waals surface area contributed by atoms with Gasteiger partial charge in [0.25, 0.3) is 0 Å². The van der Waals surface area contributed by atoms with Crippen LogP contribution in [0.15, 0.2) is 18.3 Å². The molecule has 2 aromatic heterocycles. The first-order chi connectivity index (χ1) is 8.74. The van der Waals surface area contributed by atoms with Crippen molar-refractivity contribution in [1.29, 1.82) is 0 Å². The topological polar surface area (TPSA) is 70.7 Å². The van der Waals surface area contributed by atoms with Gasteiger partial charge in [-0.1, -0.05) is 0 Å². The van der Waals surface area contributed by atoms with Crippen molar-refractivity contribution in [2.45, 2.75) is 19.4 Å². The van der Waals surface area contributed by atoms with Crippen LogP contribution in [0, 0.1) is 0 Å². The number of likely N-dealkylation sites (tertiary alicyclic amines) is 1. The summed E-state index contributed by atoms with van der Waals surface area (Å²) in [5.74, 6) is -0.286. The fourth-order valence-corrected chi connectivity index (χ4v) is 2.33. The maximum Gasteiger partial charge on any atom is 0.339 e. The van der Waals surface area contributed by atoms with Gasteiger partial charge in [-0.15, -0.1) is 5.10 Å². The Kier molecular flexibility index (Phi) is 2.71. The predicted molar refractivity (Wildman–Crippen MR) is 64.5 cm³/mol. The fraction of sp³-hybridized carbons (Fsp3) is 0.417. The number of rotatable bonds is 3. The summed E-state index contributed by atoms with van der Waals surface area (Å²) in [7, 11) is 0. The fourth-order valence-electron chi connectivity index (χ4n) is 2.33. The molecule has 0 aromatic carbocycles. The number of hydrogen-bond donors (Lipinski definition) is 1. The van der Waals surface area contributed by atoms with Crippen LogP contribution in [-0.2, 0) is 6.54 Å². The van der Waals surface area contributed by atoms with E-state index in [0.717, 1.165) is 13.1 Å². The van der Waals surface area contributed by atoms with Gasteiger partial charge in [-0.3, -0.25) is 4.90 Å². The molecule has 2 aromatic rings. The van der Waals surface area contributed by atoms with Gasteiger partial charge >= 0.3 is 5.97 Å². The molecule has 6 nitrogen and oxygen atoms in total. The largest absolute Gasteiger partial charge is 0.478 e. The van der Waals surface area contributed by atoms with Crippen LogP contribution < -0.4 is 0 Å². The van der Waals surface area contributed by atoms with Gasteiger partial charge in [-0.2, -0.15) is 0 Å². The molecular weight excluding hydrogens is 232 g/mol. The van der Waals surface area contributed by atoms with E-state index in [-0.39, 0.29) is 5.56 Å². The molecule has 1 fully saturated rings. The summed E-state index contributed by atoms with van der Waals surface area (Å²) in [6, 6.07) is 3.22. The van der Waals surface area contributed by atoms with E-state index >= 15 is 0 Å². The molecule has 0 spiro atoms. The Labute approximate surface area is 104 Å². The van der Waals surface area contributed by atoms with E-state index in [9.17, 15) is 4.79 Å². The molecule has 0 amide bonds. The Balaban J connectivity index is 1.94. The third kappa shape index (κ3) is 1.95. The Morgan fingerprint density at radius 1 is 1.39 bits per heavy atom.